The first-order valence-electron chi connectivity index (χ1n) is 8.61. The van der Waals surface area contributed by atoms with E-state index in [1.807, 2.05) is 19.9 Å². The molecule has 0 bridgehead atoms. The lowest BCUT2D eigenvalue weighted by Crippen LogP contribution is -2.06. The van der Waals surface area contributed by atoms with Crippen molar-refractivity contribution in [3.8, 4) is 23.1 Å². The Morgan fingerprint density at radius 1 is 1.21 bits per heavy atom. The Morgan fingerprint density at radius 3 is 2.79 bits per heavy atom. The van der Waals surface area contributed by atoms with Crippen LogP contribution < -0.4 is 9.47 Å². The maximum atomic E-state index is 11.9. The molecule has 0 atom stereocenters. The second kappa shape index (κ2) is 8.90. The summed E-state index contributed by atoms with van der Waals surface area (Å²) < 4.78 is 26.6. The standard InChI is InChI=1S/C20H20N2O6/c1-13(2)27-15-8-6-14(11-17(15)24-3)7-9-19(23)26-12-18-21-22-20(28-18)16-5-4-10-25-16/h4-11,13H,12H2,1-3H3/b9-7+. The number of ether oxygens (including phenoxy) is 3. The third kappa shape index (κ3) is 5.00. The molecular weight excluding hydrogens is 364 g/mol. The number of hydrogen-bond acceptors (Lipinski definition) is 8. The van der Waals surface area contributed by atoms with Crippen molar-refractivity contribution in [1.29, 1.82) is 0 Å². The fourth-order valence-corrected chi connectivity index (χ4v) is 2.30. The normalized spacial score (nSPS) is 11.1. The molecule has 0 amide bonds. The van der Waals surface area contributed by atoms with Crippen LogP contribution in [-0.4, -0.2) is 29.4 Å². The lowest BCUT2D eigenvalue weighted by molar-refractivity contribution is -0.139. The van der Waals surface area contributed by atoms with E-state index in [1.165, 1.54) is 12.3 Å². The molecule has 146 valence electrons. The molecule has 0 saturated carbocycles. The van der Waals surface area contributed by atoms with Gasteiger partial charge in [0, 0.05) is 6.08 Å². The molecule has 8 nitrogen and oxygen atoms in total. The van der Waals surface area contributed by atoms with Gasteiger partial charge in [-0.2, -0.15) is 0 Å². The maximum absolute atomic E-state index is 11.9. The molecule has 0 unspecified atom stereocenters. The van der Waals surface area contributed by atoms with E-state index >= 15 is 0 Å². The smallest absolute Gasteiger partial charge is 0.331 e. The number of carbonyl (C=O) groups excluding carboxylic acids is 1. The van der Waals surface area contributed by atoms with Gasteiger partial charge in [-0.1, -0.05) is 6.07 Å². The van der Waals surface area contributed by atoms with E-state index in [9.17, 15) is 4.79 Å². The molecule has 0 aliphatic rings. The fourth-order valence-electron chi connectivity index (χ4n) is 2.30. The summed E-state index contributed by atoms with van der Waals surface area (Å²) in [6, 6.07) is 8.78. The zero-order chi connectivity index (χ0) is 19.9. The fraction of sp³-hybridized carbons (Fsp3) is 0.250. The first-order chi connectivity index (χ1) is 13.5. The zero-order valence-electron chi connectivity index (χ0n) is 15.7. The summed E-state index contributed by atoms with van der Waals surface area (Å²) in [5.41, 5.74) is 0.766. The van der Waals surface area contributed by atoms with Crippen LogP contribution in [0.15, 0.2) is 51.5 Å². The second-order valence-electron chi connectivity index (χ2n) is 6.00. The predicted molar refractivity (Wildman–Crippen MR) is 99.6 cm³/mol. The van der Waals surface area contributed by atoms with E-state index in [4.69, 9.17) is 23.0 Å². The molecule has 0 spiro atoms. The van der Waals surface area contributed by atoms with Gasteiger partial charge < -0.3 is 23.0 Å². The van der Waals surface area contributed by atoms with Crippen molar-refractivity contribution in [1.82, 2.24) is 10.2 Å². The summed E-state index contributed by atoms with van der Waals surface area (Å²) in [5, 5.41) is 7.64. The van der Waals surface area contributed by atoms with Gasteiger partial charge in [-0.15, -0.1) is 10.2 Å². The van der Waals surface area contributed by atoms with Crippen molar-refractivity contribution < 1.29 is 27.8 Å². The van der Waals surface area contributed by atoms with Crippen molar-refractivity contribution in [2.45, 2.75) is 26.6 Å². The van der Waals surface area contributed by atoms with Crippen LogP contribution in [-0.2, 0) is 16.1 Å². The molecule has 2 heterocycles. The first-order valence-corrected chi connectivity index (χ1v) is 8.61. The van der Waals surface area contributed by atoms with Gasteiger partial charge in [0.05, 0.1) is 19.5 Å². The molecule has 0 aliphatic heterocycles. The van der Waals surface area contributed by atoms with Crippen molar-refractivity contribution >= 4 is 12.0 Å². The molecule has 3 aromatic rings. The molecule has 2 aromatic heterocycles. The van der Waals surface area contributed by atoms with Gasteiger partial charge in [-0.25, -0.2) is 4.79 Å². The molecule has 0 saturated heterocycles. The van der Waals surface area contributed by atoms with E-state index in [1.54, 1.807) is 37.5 Å². The van der Waals surface area contributed by atoms with Gasteiger partial charge >= 0.3 is 5.97 Å². The molecule has 0 fully saturated rings. The minimum Gasteiger partial charge on any atom is -0.493 e. The Bertz CT molecular complexity index is 944. The van der Waals surface area contributed by atoms with E-state index in [0.717, 1.165) is 5.56 Å². The van der Waals surface area contributed by atoms with Crippen molar-refractivity contribution in [2.24, 2.45) is 0 Å². The van der Waals surface area contributed by atoms with Gasteiger partial charge in [-0.05, 0) is 49.8 Å². The van der Waals surface area contributed by atoms with Crippen molar-refractivity contribution in [3.63, 3.8) is 0 Å². The number of rotatable bonds is 8. The molecular formula is C20H20N2O6. The molecule has 28 heavy (non-hydrogen) atoms. The van der Waals surface area contributed by atoms with Gasteiger partial charge in [0.25, 0.3) is 11.8 Å². The molecule has 0 radical (unpaired) electrons. The van der Waals surface area contributed by atoms with E-state index in [-0.39, 0.29) is 24.5 Å². The SMILES string of the molecule is COc1cc(/C=C/C(=O)OCc2nnc(-c3ccco3)o2)ccc1OC(C)C. The summed E-state index contributed by atoms with van der Waals surface area (Å²) >= 11 is 0. The van der Waals surface area contributed by atoms with Crippen molar-refractivity contribution in [3.05, 3.63) is 54.1 Å². The number of carbonyl (C=O) groups is 1. The minimum atomic E-state index is -0.542. The summed E-state index contributed by atoms with van der Waals surface area (Å²) in [6.45, 7) is 3.73. The summed E-state index contributed by atoms with van der Waals surface area (Å²) in [6.07, 6.45) is 4.46. The molecule has 3 rings (SSSR count). The highest BCUT2D eigenvalue weighted by Gasteiger charge is 2.12. The third-order valence-electron chi connectivity index (χ3n) is 3.50. The number of methoxy groups -OCH3 is 1. The number of esters is 1. The zero-order valence-corrected chi connectivity index (χ0v) is 15.7. The molecule has 1 aromatic carbocycles. The Hall–Kier alpha value is -3.55. The highest BCUT2D eigenvalue weighted by molar-refractivity contribution is 5.87. The average molecular weight is 384 g/mol. The minimum absolute atomic E-state index is 0.0308. The summed E-state index contributed by atoms with van der Waals surface area (Å²) in [7, 11) is 1.56. The van der Waals surface area contributed by atoms with E-state index in [2.05, 4.69) is 10.2 Å². The Morgan fingerprint density at radius 2 is 2.07 bits per heavy atom. The summed E-state index contributed by atoms with van der Waals surface area (Å²) in [5.74, 6) is 1.52. The Labute approximate surface area is 161 Å². The average Bonchev–Trinajstić information content (AvgIpc) is 3.36. The summed E-state index contributed by atoms with van der Waals surface area (Å²) in [4.78, 5) is 11.9. The molecule has 0 aliphatic carbocycles. The number of hydrogen-bond donors (Lipinski definition) is 0. The van der Waals surface area contributed by atoms with E-state index < -0.39 is 5.97 Å². The Balaban J connectivity index is 1.56. The molecule has 0 N–H and O–H groups in total. The van der Waals surface area contributed by atoms with Crippen LogP contribution in [0.3, 0.4) is 0 Å². The van der Waals surface area contributed by atoms with Gasteiger partial charge in [-0.3, -0.25) is 0 Å². The third-order valence-corrected chi connectivity index (χ3v) is 3.50. The van der Waals surface area contributed by atoms with Crippen LogP contribution in [0.2, 0.25) is 0 Å². The number of aromatic nitrogens is 2. The van der Waals surface area contributed by atoms with Gasteiger partial charge in [0.1, 0.15) is 0 Å². The van der Waals surface area contributed by atoms with Crippen LogP contribution in [0, 0.1) is 0 Å². The molecule has 8 heteroatoms. The van der Waals surface area contributed by atoms with Crippen LogP contribution in [0.5, 0.6) is 11.5 Å². The van der Waals surface area contributed by atoms with Crippen LogP contribution >= 0.6 is 0 Å². The lowest BCUT2D eigenvalue weighted by Gasteiger charge is -2.13. The highest BCUT2D eigenvalue weighted by Crippen LogP contribution is 2.29. The van der Waals surface area contributed by atoms with Crippen molar-refractivity contribution in [2.75, 3.05) is 7.11 Å². The number of nitrogens with zero attached hydrogens (tertiary/aromatic N) is 2. The van der Waals surface area contributed by atoms with Gasteiger partial charge in [0.2, 0.25) is 0 Å². The van der Waals surface area contributed by atoms with Crippen LogP contribution in [0.4, 0.5) is 0 Å². The lowest BCUT2D eigenvalue weighted by atomic mass is 10.2. The monoisotopic (exact) mass is 384 g/mol. The van der Waals surface area contributed by atoms with Gasteiger partial charge in [0.15, 0.2) is 23.9 Å². The maximum Gasteiger partial charge on any atom is 0.331 e. The second-order valence-corrected chi connectivity index (χ2v) is 6.00. The topological polar surface area (TPSA) is 96.8 Å². The van der Waals surface area contributed by atoms with Crippen LogP contribution in [0.25, 0.3) is 17.7 Å². The van der Waals surface area contributed by atoms with Crippen LogP contribution in [0.1, 0.15) is 25.3 Å². The Kier molecular flexibility index (Phi) is 6.11. The highest BCUT2D eigenvalue weighted by atomic mass is 16.5. The number of benzene rings is 1. The quantitative estimate of drug-likeness (QED) is 0.426. The number of furan rings is 1. The first kappa shape index (κ1) is 19.2. The largest absolute Gasteiger partial charge is 0.493 e. The predicted octanol–water partition coefficient (Wildman–Crippen LogP) is 3.88. The van der Waals surface area contributed by atoms with E-state index in [0.29, 0.717) is 17.3 Å².